The van der Waals surface area contributed by atoms with Crippen molar-refractivity contribution in [3.05, 3.63) is 52.4 Å². The molecule has 0 atom stereocenters. The number of nitrogens with zero attached hydrogens (tertiary/aromatic N) is 4. The van der Waals surface area contributed by atoms with E-state index in [4.69, 9.17) is 0 Å². The number of phenols is 1. The number of para-hydroxylation sites is 2. The Hall–Kier alpha value is -2.83. The van der Waals surface area contributed by atoms with E-state index in [0.717, 1.165) is 12.1 Å². The molecule has 1 aliphatic rings. The highest BCUT2D eigenvalue weighted by atomic mass is 16.3. The van der Waals surface area contributed by atoms with Gasteiger partial charge in [-0.3, -0.25) is 9.59 Å². The van der Waals surface area contributed by atoms with Gasteiger partial charge < -0.3 is 14.9 Å². The Labute approximate surface area is 146 Å². The third-order valence-corrected chi connectivity index (χ3v) is 4.31. The molecule has 1 N–H and O–H groups in total. The second-order valence-corrected chi connectivity index (χ2v) is 6.05. The van der Waals surface area contributed by atoms with Gasteiger partial charge in [-0.05, 0) is 24.6 Å². The summed E-state index contributed by atoms with van der Waals surface area (Å²) in [6.45, 7) is 4.82. The average Bonchev–Trinajstić information content (AvgIpc) is 2.64. The van der Waals surface area contributed by atoms with Crippen LogP contribution in [0.3, 0.4) is 0 Å². The molecule has 1 saturated heterocycles. The third-order valence-electron chi connectivity index (χ3n) is 4.31. The van der Waals surface area contributed by atoms with Crippen LogP contribution >= 0.6 is 0 Å². The lowest BCUT2D eigenvalue weighted by Crippen LogP contribution is -2.49. The van der Waals surface area contributed by atoms with Crippen molar-refractivity contribution in [2.75, 3.05) is 31.1 Å². The van der Waals surface area contributed by atoms with E-state index in [0.29, 0.717) is 38.4 Å². The summed E-state index contributed by atoms with van der Waals surface area (Å²) in [6.07, 6.45) is 0.782. The summed E-state index contributed by atoms with van der Waals surface area (Å²) in [7, 11) is 0. The molecule has 1 aliphatic heterocycles. The molecule has 0 aliphatic carbocycles. The van der Waals surface area contributed by atoms with E-state index in [9.17, 15) is 14.7 Å². The molecule has 2 aromatic rings. The summed E-state index contributed by atoms with van der Waals surface area (Å²) in [5, 5.41) is 14.1. The van der Waals surface area contributed by atoms with Gasteiger partial charge in [0.15, 0.2) is 0 Å². The van der Waals surface area contributed by atoms with Crippen LogP contribution in [0.5, 0.6) is 5.75 Å². The van der Waals surface area contributed by atoms with Crippen molar-refractivity contribution in [2.24, 2.45) is 0 Å². The number of aromatic nitrogens is 2. The monoisotopic (exact) mass is 342 g/mol. The normalized spacial score (nSPS) is 14.6. The highest BCUT2D eigenvalue weighted by Gasteiger charge is 2.24. The Balaban J connectivity index is 1.69. The Morgan fingerprint density at radius 3 is 2.52 bits per heavy atom. The molecule has 0 bridgehead atoms. The van der Waals surface area contributed by atoms with E-state index in [1.54, 1.807) is 17.0 Å². The van der Waals surface area contributed by atoms with Gasteiger partial charge >= 0.3 is 0 Å². The number of rotatable bonds is 4. The summed E-state index contributed by atoms with van der Waals surface area (Å²) in [5.41, 5.74) is 0.885. The fraction of sp³-hybridized carbons (Fsp3) is 0.389. The summed E-state index contributed by atoms with van der Waals surface area (Å²) in [5.74, 6) is 0.0809. The molecule has 7 nitrogen and oxygen atoms in total. The Bertz CT molecular complexity index is 810. The van der Waals surface area contributed by atoms with E-state index < -0.39 is 0 Å². The number of hydrogen-bond donors (Lipinski definition) is 1. The van der Waals surface area contributed by atoms with Crippen molar-refractivity contribution < 1.29 is 9.90 Å². The topological polar surface area (TPSA) is 78.7 Å². The zero-order chi connectivity index (χ0) is 17.8. The summed E-state index contributed by atoms with van der Waals surface area (Å²) in [4.78, 5) is 28.2. The molecule has 1 amide bonds. The minimum absolute atomic E-state index is 0.165. The summed E-state index contributed by atoms with van der Waals surface area (Å²) in [6, 6.07) is 10.1. The van der Waals surface area contributed by atoms with Gasteiger partial charge in [-0.15, -0.1) is 0 Å². The molecule has 1 fully saturated rings. The Morgan fingerprint density at radius 2 is 1.84 bits per heavy atom. The molecule has 0 radical (unpaired) electrons. The van der Waals surface area contributed by atoms with E-state index in [1.165, 1.54) is 16.8 Å². The van der Waals surface area contributed by atoms with Gasteiger partial charge in [0.2, 0.25) is 0 Å². The van der Waals surface area contributed by atoms with Crippen LogP contribution < -0.4 is 10.5 Å². The minimum Gasteiger partial charge on any atom is -0.506 e. The SMILES string of the molecule is CCCn1nc(C(=O)N2CCN(c3ccccc3O)CC2)ccc1=O. The predicted octanol–water partition coefficient (Wildman–Crippen LogP) is 1.32. The van der Waals surface area contributed by atoms with Gasteiger partial charge in [-0.25, -0.2) is 4.68 Å². The van der Waals surface area contributed by atoms with Crippen LogP contribution in [0.4, 0.5) is 5.69 Å². The molecule has 25 heavy (non-hydrogen) atoms. The van der Waals surface area contributed by atoms with E-state index in [2.05, 4.69) is 10.00 Å². The molecule has 1 aromatic heterocycles. The van der Waals surface area contributed by atoms with Gasteiger partial charge in [0.25, 0.3) is 11.5 Å². The first-order valence-electron chi connectivity index (χ1n) is 8.50. The average molecular weight is 342 g/mol. The van der Waals surface area contributed by atoms with Gasteiger partial charge in [0.05, 0.1) is 5.69 Å². The zero-order valence-corrected chi connectivity index (χ0v) is 14.3. The van der Waals surface area contributed by atoms with Crippen molar-refractivity contribution in [3.63, 3.8) is 0 Å². The molecule has 0 saturated carbocycles. The van der Waals surface area contributed by atoms with Crippen molar-refractivity contribution in [1.82, 2.24) is 14.7 Å². The molecular weight excluding hydrogens is 320 g/mol. The van der Waals surface area contributed by atoms with Crippen LogP contribution in [0, 0.1) is 0 Å². The van der Waals surface area contributed by atoms with Gasteiger partial charge in [-0.1, -0.05) is 19.1 Å². The maximum absolute atomic E-state index is 12.7. The second kappa shape index (κ2) is 7.38. The van der Waals surface area contributed by atoms with Gasteiger partial charge in [-0.2, -0.15) is 5.10 Å². The first kappa shape index (κ1) is 17.0. The molecular formula is C18H22N4O3. The highest BCUT2D eigenvalue weighted by Crippen LogP contribution is 2.27. The molecule has 2 heterocycles. The maximum atomic E-state index is 12.7. The maximum Gasteiger partial charge on any atom is 0.274 e. The van der Waals surface area contributed by atoms with Crippen LogP contribution in [0.25, 0.3) is 0 Å². The summed E-state index contributed by atoms with van der Waals surface area (Å²) < 4.78 is 1.34. The quantitative estimate of drug-likeness (QED) is 0.907. The lowest BCUT2D eigenvalue weighted by atomic mass is 10.2. The number of aromatic hydroxyl groups is 1. The number of phenolic OH excluding ortho intramolecular Hbond substituents is 1. The first-order valence-corrected chi connectivity index (χ1v) is 8.50. The number of amides is 1. The molecule has 0 spiro atoms. The van der Waals surface area contributed by atoms with Crippen molar-refractivity contribution >= 4 is 11.6 Å². The number of piperazine rings is 1. The molecule has 1 aromatic carbocycles. The van der Waals surface area contributed by atoms with Crippen LogP contribution in [0.2, 0.25) is 0 Å². The van der Waals surface area contributed by atoms with Crippen molar-refractivity contribution in [1.29, 1.82) is 0 Å². The lowest BCUT2D eigenvalue weighted by molar-refractivity contribution is 0.0738. The Kier molecular flexibility index (Phi) is 5.02. The largest absolute Gasteiger partial charge is 0.506 e. The zero-order valence-electron chi connectivity index (χ0n) is 14.3. The third kappa shape index (κ3) is 3.65. The van der Waals surface area contributed by atoms with Crippen molar-refractivity contribution in [2.45, 2.75) is 19.9 Å². The number of hydrogen-bond acceptors (Lipinski definition) is 5. The van der Waals surface area contributed by atoms with Gasteiger partial charge in [0.1, 0.15) is 11.4 Å². The van der Waals surface area contributed by atoms with E-state index >= 15 is 0 Å². The Morgan fingerprint density at radius 1 is 1.12 bits per heavy atom. The molecule has 0 unspecified atom stereocenters. The first-order chi connectivity index (χ1) is 12.1. The number of benzene rings is 1. The van der Waals surface area contributed by atoms with Crippen LogP contribution in [-0.2, 0) is 6.54 Å². The number of anilines is 1. The molecule has 3 rings (SSSR count). The highest BCUT2D eigenvalue weighted by molar-refractivity contribution is 5.92. The lowest BCUT2D eigenvalue weighted by Gasteiger charge is -2.36. The van der Waals surface area contributed by atoms with E-state index in [1.807, 2.05) is 19.1 Å². The predicted molar refractivity (Wildman–Crippen MR) is 95.0 cm³/mol. The van der Waals surface area contributed by atoms with Crippen molar-refractivity contribution in [3.8, 4) is 5.75 Å². The van der Waals surface area contributed by atoms with Crippen LogP contribution in [0.1, 0.15) is 23.8 Å². The second-order valence-electron chi connectivity index (χ2n) is 6.05. The van der Waals surface area contributed by atoms with E-state index in [-0.39, 0.29) is 17.2 Å². The fourth-order valence-electron chi connectivity index (χ4n) is 2.98. The van der Waals surface area contributed by atoms with Crippen LogP contribution in [0.15, 0.2) is 41.2 Å². The standard InChI is InChI=1S/C18H22N4O3/c1-2-9-22-17(24)8-7-14(19-22)18(25)21-12-10-20(11-13-21)15-5-3-4-6-16(15)23/h3-8,23H,2,9-13H2,1H3. The number of aryl methyl sites for hydroxylation is 1. The molecule has 7 heteroatoms. The molecule has 132 valence electrons. The van der Waals surface area contributed by atoms with Crippen LogP contribution in [-0.4, -0.2) is 51.9 Å². The summed E-state index contributed by atoms with van der Waals surface area (Å²) >= 11 is 0. The number of carbonyl (C=O) groups excluding carboxylic acids is 1. The smallest absolute Gasteiger partial charge is 0.274 e. The fourth-order valence-corrected chi connectivity index (χ4v) is 2.98. The van der Waals surface area contributed by atoms with Gasteiger partial charge in [0, 0.05) is 38.8 Å². The number of carbonyl (C=O) groups is 1. The minimum atomic E-state index is -0.192.